The van der Waals surface area contributed by atoms with Gasteiger partial charge in [-0.25, -0.2) is 0 Å². The molecule has 1 aromatic heterocycles. The summed E-state index contributed by atoms with van der Waals surface area (Å²) in [7, 11) is 1.83. The van der Waals surface area contributed by atoms with Gasteiger partial charge in [-0.1, -0.05) is 49.7 Å². The average molecular weight is 416 g/mol. The number of hydrogen-bond acceptors (Lipinski definition) is 5. The number of carbonyl (C=O) groups excluding carboxylic acids is 2. The normalized spacial score (nSPS) is 15.3. The van der Waals surface area contributed by atoms with E-state index in [0.717, 1.165) is 30.5 Å². The number of aryl methyl sites for hydroxylation is 1. The fourth-order valence-electron chi connectivity index (χ4n) is 3.49. The van der Waals surface area contributed by atoms with E-state index < -0.39 is 0 Å². The van der Waals surface area contributed by atoms with Crippen molar-refractivity contribution in [3.63, 3.8) is 0 Å². The SMILES string of the molecule is CCc1ccccc1NC(=O)Cc1nnc(S[C@H](C)C(=O)NC2CCCC2)n1C. The molecule has 0 saturated heterocycles. The van der Waals surface area contributed by atoms with Crippen LogP contribution in [-0.4, -0.2) is 37.9 Å². The van der Waals surface area contributed by atoms with Gasteiger partial charge >= 0.3 is 0 Å². The fourth-order valence-corrected chi connectivity index (χ4v) is 4.33. The molecule has 1 heterocycles. The molecule has 0 aliphatic heterocycles. The second-order valence-corrected chi connectivity index (χ2v) is 8.75. The zero-order valence-electron chi connectivity index (χ0n) is 17.3. The van der Waals surface area contributed by atoms with E-state index in [4.69, 9.17) is 0 Å². The highest BCUT2D eigenvalue weighted by Crippen LogP contribution is 2.24. The van der Waals surface area contributed by atoms with Crippen LogP contribution in [0.15, 0.2) is 29.4 Å². The van der Waals surface area contributed by atoms with Crippen LogP contribution in [0.3, 0.4) is 0 Å². The minimum atomic E-state index is -0.267. The Labute approximate surface area is 176 Å². The molecule has 7 nitrogen and oxygen atoms in total. The molecular weight excluding hydrogens is 386 g/mol. The van der Waals surface area contributed by atoms with Gasteiger partial charge in [-0.3, -0.25) is 9.59 Å². The van der Waals surface area contributed by atoms with Gasteiger partial charge in [0.05, 0.1) is 11.7 Å². The Kier molecular flexibility index (Phi) is 7.30. The van der Waals surface area contributed by atoms with E-state index in [0.29, 0.717) is 17.0 Å². The van der Waals surface area contributed by atoms with Crippen LogP contribution < -0.4 is 10.6 Å². The van der Waals surface area contributed by atoms with Gasteiger partial charge in [-0.05, 0) is 37.8 Å². The van der Waals surface area contributed by atoms with Crippen molar-refractivity contribution in [2.75, 3.05) is 5.32 Å². The van der Waals surface area contributed by atoms with Gasteiger partial charge in [0.15, 0.2) is 5.16 Å². The lowest BCUT2D eigenvalue weighted by Crippen LogP contribution is -2.37. The Bertz CT molecular complexity index is 861. The van der Waals surface area contributed by atoms with Crippen LogP contribution in [0.25, 0.3) is 0 Å². The summed E-state index contributed by atoms with van der Waals surface area (Å²) in [6.07, 6.45) is 5.47. The maximum Gasteiger partial charge on any atom is 0.233 e. The third-order valence-corrected chi connectivity index (χ3v) is 6.40. The molecule has 2 amide bonds. The Hall–Kier alpha value is -2.35. The molecule has 2 N–H and O–H groups in total. The van der Waals surface area contributed by atoms with Gasteiger partial charge in [-0.15, -0.1) is 10.2 Å². The lowest BCUT2D eigenvalue weighted by molar-refractivity contribution is -0.121. The predicted molar refractivity (Wildman–Crippen MR) is 115 cm³/mol. The summed E-state index contributed by atoms with van der Waals surface area (Å²) in [4.78, 5) is 24.9. The summed E-state index contributed by atoms with van der Waals surface area (Å²) in [5.41, 5.74) is 1.92. The van der Waals surface area contributed by atoms with Gasteiger partial charge in [0, 0.05) is 18.8 Å². The van der Waals surface area contributed by atoms with Crippen molar-refractivity contribution < 1.29 is 9.59 Å². The smallest absolute Gasteiger partial charge is 0.233 e. The van der Waals surface area contributed by atoms with E-state index in [1.807, 2.05) is 38.2 Å². The zero-order chi connectivity index (χ0) is 20.8. The number of rotatable bonds is 8. The molecule has 1 aliphatic rings. The molecule has 1 aromatic carbocycles. The lowest BCUT2D eigenvalue weighted by Gasteiger charge is -2.16. The largest absolute Gasteiger partial charge is 0.352 e. The Morgan fingerprint density at radius 3 is 2.69 bits per heavy atom. The van der Waals surface area contributed by atoms with E-state index in [2.05, 4.69) is 27.8 Å². The number of nitrogens with one attached hydrogen (secondary N) is 2. The Morgan fingerprint density at radius 2 is 1.97 bits per heavy atom. The molecule has 1 atom stereocenters. The van der Waals surface area contributed by atoms with Crippen molar-refractivity contribution in [1.82, 2.24) is 20.1 Å². The van der Waals surface area contributed by atoms with E-state index in [9.17, 15) is 9.59 Å². The first-order valence-electron chi connectivity index (χ1n) is 10.2. The van der Waals surface area contributed by atoms with Crippen LogP contribution in [0.1, 0.15) is 50.9 Å². The predicted octanol–water partition coefficient (Wildman–Crippen LogP) is 3.10. The van der Waals surface area contributed by atoms with Crippen LogP contribution in [0.4, 0.5) is 5.69 Å². The van der Waals surface area contributed by atoms with Crippen LogP contribution in [0.5, 0.6) is 0 Å². The van der Waals surface area contributed by atoms with Gasteiger partial charge in [-0.2, -0.15) is 0 Å². The number of amides is 2. The average Bonchev–Trinajstić information content (AvgIpc) is 3.33. The van der Waals surface area contributed by atoms with Crippen LogP contribution in [0.2, 0.25) is 0 Å². The third kappa shape index (κ3) is 5.59. The molecule has 0 unspecified atom stereocenters. The topological polar surface area (TPSA) is 88.9 Å². The number of anilines is 1. The lowest BCUT2D eigenvalue weighted by atomic mass is 10.1. The number of benzene rings is 1. The zero-order valence-corrected chi connectivity index (χ0v) is 18.1. The first-order valence-corrected chi connectivity index (χ1v) is 11.1. The standard InChI is InChI=1S/C21H29N5O2S/c1-4-15-9-5-8-12-17(15)23-19(27)13-18-24-25-21(26(18)3)29-14(2)20(28)22-16-10-6-7-11-16/h5,8-9,12,14,16H,4,6-7,10-11,13H2,1-3H3,(H,22,28)(H,23,27)/t14-/m1/s1. The van der Waals surface area contributed by atoms with E-state index in [-0.39, 0.29) is 23.5 Å². The fraction of sp³-hybridized carbons (Fsp3) is 0.524. The van der Waals surface area contributed by atoms with Crippen molar-refractivity contribution in [2.45, 2.75) is 68.8 Å². The second-order valence-electron chi connectivity index (χ2n) is 7.44. The van der Waals surface area contributed by atoms with E-state index >= 15 is 0 Å². The van der Waals surface area contributed by atoms with Gasteiger partial charge in [0.2, 0.25) is 11.8 Å². The van der Waals surface area contributed by atoms with Crippen molar-refractivity contribution in [1.29, 1.82) is 0 Å². The van der Waals surface area contributed by atoms with Gasteiger partial charge in [0.1, 0.15) is 5.82 Å². The monoisotopic (exact) mass is 415 g/mol. The number of carbonyl (C=O) groups is 2. The van der Waals surface area contributed by atoms with Crippen LogP contribution in [-0.2, 0) is 29.5 Å². The molecule has 0 radical (unpaired) electrons. The minimum Gasteiger partial charge on any atom is -0.352 e. The summed E-state index contributed by atoms with van der Waals surface area (Å²) >= 11 is 1.37. The Morgan fingerprint density at radius 1 is 1.24 bits per heavy atom. The number of aromatic nitrogens is 3. The number of thioether (sulfide) groups is 1. The highest BCUT2D eigenvalue weighted by molar-refractivity contribution is 8.00. The number of para-hydroxylation sites is 1. The van der Waals surface area contributed by atoms with E-state index in [1.54, 1.807) is 4.57 Å². The van der Waals surface area contributed by atoms with Gasteiger partial charge in [0.25, 0.3) is 0 Å². The summed E-state index contributed by atoms with van der Waals surface area (Å²) in [6.45, 7) is 3.93. The van der Waals surface area contributed by atoms with Crippen LogP contribution in [0, 0.1) is 0 Å². The molecule has 156 valence electrons. The summed E-state index contributed by atoms with van der Waals surface area (Å²) in [6, 6.07) is 8.08. The first kappa shape index (κ1) is 21.4. The number of hydrogen-bond donors (Lipinski definition) is 2. The molecule has 0 spiro atoms. The quantitative estimate of drug-likeness (QED) is 0.647. The van der Waals surface area contributed by atoms with Crippen molar-refractivity contribution in [3.05, 3.63) is 35.7 Å². The maximum atomic E-state index is 12.5. The highest BCUT2D eigenvalue weighted by Gasteiger charge is 2.23. The molecule has 1 aliphatic carbocycles. The van der Waals surface area contributed by atoms with Crippen molar-refractivity contribution in [2.24, 2.45) is 7.05 Å². The molecular formula is C21H29N5O2S. The molecule has 0 bridgehead atoms. The summed E-state index contributed by atoms with van der Waals surface area (Å²) < 4.78 is 1.79. The summed E-state index contributed by atoms with van der Waals surface area (Å²) in [5, 5.41) is 14.8. The van der Waals surface area contributed by atoms with Crippen molar-refractivity contribution in [3.8, 4) is 0 Å². The molecule has 1 fully saturated rings. The highest BCUT2D eigenvalue weighted by atomic mass is 32.2. The second kappa shape index (κ2) is 9.91. The molecule has 29 heavy (non-hydrogen) atoms. The molecule has 8 heteroatoms. The first-order chi connectivity index (χ1) is 14.0. The van der Waals surface area contributed by atoms with Crippen molar-refractivity contribution >= 4 is 29.3 Å². The third-order valence-electron chi connectivity index (χ3n) is 5.27. The molecule has 3 rings (SSSR count). The maximum absolute atomic E-state index is 12.5. The molecule has 2 aromatic rings. The number of nitrogens with zero attached hydrogens (tertiary/aromatic N) is 3. The van der Waals surface area contributed by atoms with E-state index in [1.165, 1.54) is 24.6 Å². The summed E-state index contributed by atoms with van der Waals surface area (Å²) in [5.74, 6) is 0.465. The Balaban J connectivity index is 1.57. The minimum absolute atomic E-state index is 0.0281. The molecule has 1 saturated carbocycles. The van der Waals surface area contributed by atoms with Crippen LogP contribution >= 0.6 is 11.8 Å². The van der Waals surface area contributed by atoms with Gasteiger partial charge < -0.3 is 15.2 Å².